The van der Waals surface area contributed by atoms with Gasteiger partial charge in [0.2, 0.25) is 0 Å². The summed E-state index contributed by atoms with van der Waals surface area (Å²) in [6.45, 7) is -2.47. The quantitative estimate of drug-likeness (QED) is 0.667. The summed E-state index contributed by atoms with van der Waals surface area (Å²) < 4.78 is 28.1. The second-order valence-electron chi connectivity index (χ2n) is 3.90. The van der Waals surface area contributed by atoms with Crippen LogP contribution in [0, 0.1) is 5.82 Å². The largest absolute Gasteiger partial charge is 0.665 e. The van der Waals surface area contributed by atoms with Crippen molar-refractivity contribution in [3.8, 4) is 17.2 Å². The summed E-state index contributed by atoms with van der Waals surface area (Å²) in [5.74, 6) is -4.16. The van der Waals surface area contributed by atoms with Crippen LogP contribution in [0.15, 0.2) is 6.07 Å². The first-order valence-corrected chi connectivity index (χ1v) is 5.48. The number of rotatable bonds is 3. The van der Waals surface area contributed by atoms with Crippen molar-refractivity contribution >= 4 is 12.7 Å². The van der Waals surface area contributed by atoms with Gasteiger partial charge in [0.15, 0.2) is 11.6 Å². The zero-order chi connectivity index (χ0) is 14.2. The molecule has 19 heavy (non-hydrogen) atoms. The van der Waals surface area contributed by atoms with Gasteiger partial charge >= 0.3 is 6.75 Å². The molecular formula is C10H10BFO7-2. The number of ether oxygens (including phenoxy) is 2. The van der Waals surface area contributed by atoms with Gasteiger partial charge in [-0.25, -0.2) is 4.39 Å². The highest BCUT2D eigenvalue weighted by Crippen LogP contribution is 2.42. The molecule has 0 amide bonds. The molecule has 0 saturated carbocycles. The summed E-state index contributed by atoms with van der Waals surface area (Å²) in [5.41, 5.74) is -0.632. The molecule has 0 saturated heterocycles. The Balaban J connectivity index is 2.64. The number of hydrogen-bond acceptors (Lipinski definition) is 7. The van der Waals surface area contributed by atoms with Gasteiger partial charge in [-0.15, -0.1) is 0 Å². The van der Waals surface area contributed by atoms with Crippen molar-refractivity contribution in [1.29, 1.82) is 0 Å². The lowest BCUT2D eigenvalue weighted by molar-refractivity contribution is -0.255. The summed E-state index contributed by atoms with van der Waals surface area (Å²) in [6, 6.07) is 0.811. The van der Waals surface area contributed by atoms with Crippen LogP contribution in [0.3, 0.4) is 0 Å². The van der Waals surface area contributed by atoms with Crippen LogP contribution in [0.4, 0.5) is 4.39 Å². The molecule has 0 fully saturated rings. The van der Waals surface area contributed by atoms with E-state index in [9.17, 15) is 24.3 Å². The van der Waals surface area contributed by atoms with Crippen LogP contribution >= 0.6 is 0 Å². The molecule has 1 aliphatic rings. The van der Waals surface area contributed by atoms with Gasteiger partial charge in [-0.05, 0) is 6.92 Å². The van der Waals surface area contributed by atoms with Crippen molar-refractivity contribution < 1.29 is 38.5 Å². The summed E-state index contributed by atoms with van der Waals surface area (Å²) in [7, 11) is 0. The summed E-state index contributed by atoms with van der Waals surface area (Å²) >= 11 is 0. The average Bonchev–Trinajstić information content (AvgIpc) is 2.27. The van der Waals surface area contributed by atoms with Crippen LogP contribution in [-0.2, 0) is 0 Å². The van der Waals surface area contributed by atoms with E-state index in [4.69, 9.17) is 9.47 Å². The van der Waals surface area contributed by atoms with Gasteiger partial charge in [-0.2, -0.15) is 0 Å². The van der Waals surface area contributed by atoms with Crippen LogP contribution in [-0.4, -0.2) is 35.9 Å². The third-order valence-electron chi connectivity index (χ3n) is 2.41. The summed E-state index contributed by atoms with van der Waals surface area (Å²) in [4.78, 5) is 11.1. The SMILES string of the molecule is CCOc1cc(F)c2c(c1C(=O)[O-])O[B-](O)(O)CO2. The van der Waals surface area contributed by atoms with Crippen molar-refractivity contribution in [2.45, 2.75) is 6.92 Å². The standard InChI is InChI=1S/C10H11BFO7/c1-2-17-6-3-5(12)8-9(7(6)10(13)14)19-11(15,16)4-18-8/h3,15-16H,2,4H2,1H3,(H,13,14)/q-1/p-1. The first-order chi connectivity index (χ1) is 8.85. The number of benzene rings is 1. The molecule has 1 aromatic carbocycles. The Labute approximate surface area is 107 Å². The number of aromatic carboxylic acids is 1. The molecule has 1 aromatic rings. The van der Waals surface area contributed by atoms with E-state index < -0.39 is 42.1 Å². The number of carbonyl (C=O) groups is 1. The molecule has 7 nitrogen and oxygen atoms in total. The maximum absolute atomic E-state index is 13.7. The normalized spacial score (nSPS) is 16.0. The van der Waals surface area contributed by atoms with Crippen LogP contribution in [0.25, 0.3) is 0 Å². The fourth-order valence-corrected chi connectivity index (χ4v) is 1.71. The monoisotopic (exact) mass is 272 g/mol. The predicted octanol–water partition coefficient (Wildman–Crippen LogP) is -1.18. The second kappa shape index (κ2) is 4.59. The first-order valence-electron chi connectivity index (χ1n) is 5.48. The molecule has 0 unspecified atom stereocenters. The van der Waals surface area contributed by atoms with Crippen LogP contribution < -0.4 is 19.2 Å². The topological polar surface area (TPSA) is 108 Å². The van der Waals surface area contributed by atoms with Gasteiger partial charge in [-0.1, -0.05) is 0 Å². The minimum absolute atomic E-state index is 0.0773. The van der Waals surface area contributed by atoms with Crippen LogP contribution in [0.2, 0.25) is 0 Å². The van der Waals surface area contributed by atoms with Gasteiger partial charge in [0.05, 0.1) is 24.6 Å². The Hall–Kier alpha value is -2.00. The van der Waals surface area contributed by atoms with Gasteiger partial charge in [0, 0.05) is 6.07 Å². The fraction of sp³-hybridized carbons (Fsp3) is 0.300. The van der Waals surface area contributed by atoms with Crippen molar-refractivity contribution in [1.82, 2.24) is 0 Å². The maximum atomic E-state index is 13.7. The van der Waals surface area contributed by atoms with Gasteiger partial charge in [0.25, 0.3) is 0 Å². The highest BCUT2D eigenvalue weighted by molar-refractivity contribution is 6.58. The van der Waals surface area contributed by atoms with Crippen molar-refractivity contribution in [2.24, 2.45) is 0 Å². The molecule has 2 rings (SSSR count). The lowest BCUT2D eigenvalue weighted by Crippen LogP contribution is -2.52. The van der Waals surface area contributed by atoms with Crippen molar-refractivity contribution in [3.05, 3.63) is 17.4 Å². The molecule has 0 aliphatic carbocycles. The molecule has 0 bridgehead atoms. The van der Waals surface area contributed by atoms with Gasteiger partial charge in [0.1, 0.15) is 11.5 Å². The molecule has 104 valence electrons. The lowest BCUT2D eigenvalue weighted by Gasteiger charge is -2.37. The maximum Gasteiger partial charge on any atom is 0.467 e. The Morgan fingerprint density at radius 3 is 2.84 bits per heavy atom. The average molecular weight is 272 g/mol. The Morgan fingerprint density at radius 1 is 1.58 bits per heavy atom. The van der Waals surface area contributed by atoms with E-state index in [1.165, 1.54) is 0 Å². The van der Waals surface area contributed by atoms with E-state index in [2.05, 4.69) is 4.65 Å². The fourth-order valence-electron chi connectivity index (χ4n) is 1.71. The smallest absolute Gasteiger partial charge is 0.467 e. The van der Waals surface area contributed by atoms with E-state index >= 15 is 0 Å². The highest BCUT2D eigenvalue weighted by atomic mass is 19.1. The highest BCUT2D eigenvalue weighted by Gasteiger charge is 2.35. The second-order valence-corrected chi connectivity index (χ2v) is 3.90. The van der Waals surface area contributed by atoms with E-state index in [0.29, 0.717) is 0 Å². The van der Waals surface area contributed by atoms with E-state index in [0.717, 1.165) is 6.07 Å². The minimum Gasteiger partial charge on any atom is -0.665 e. The third kappa shape index (κ3) is 2.42. The molecule has 1 aliphatic heterocycles. The molecule has 0 aromatic heterocycles. The number of halogens is 1. The van der Waals surface area contributed by atoms with Crippen LogP contribution in [0.1, 0.15) is 17.3 Å². The predicted molar refractivity (Wildman–Crippen MR) is 58.2 cm³/mol. The molecule has 0 atom stereocenters. The Morgan fingerprint density at radius 2 is 2.26 bits per heavy atom. The van der Waals surface area contributed by atoms with Crippen LogP contribution in [0.5, 0.6) is 17.2 Å². The zero-order valence-electron chi connectivity index (χ0n) is 9.88. The number of carboxylic acid groups (broad SMARTS) is 1. The Kier molecular flexibility index (Phi) is 3.25. The molecule has 9 heteroatoms. The molecule has 2 N–H and O–H groups in total. The summed E-state index contributed by atoms with van der Waals surface area (Å²) in [5, 5.41) is 29.8. The Bertz CT molecular complexity index is 531. The lowest BCUT2D eigenvalue weighted by atomic mass is 9.80. The van der Waals surface area contributed by atoms with E-state index in [1.807, 2.05) is 0 Å². The number of carboxylic acids is 1. The minimum atomic E-state index is -3.42. The van der Waals surface area contributed by atoms with Gasteiger partial charge < -0.3 is 34.1 Å². The van der Waals surface area contributed by atoms with E-state index in [1.54, 1.807) is 6.92 Å². The molecular weight excluding hydrogens is 262 g/mol. The molecule has 1 heterocycles. The molecule has 0 spiro atoms. The molecule has 0 radical (unpaired) electrons. The first kappa shape index (κ1) is 13.4. The number of hydrogen-bond donors (Lipinski definition) is 2. The number of fused-ring (bicyclic) bond motifs is 1. The van der Waals surface area contributed by atoms with Crippen molar-refractivity contribution in [2.75, 3.05) is 13.1 Å². The van der Waals surface area contributed by atoms with Gasteiger partial charge in [-0.3, -0.25) is 0 Å². The summed E-state index contributed by atoms with van der Waals surface area (Å²) in [6.07, 6.45) is 0. The van der Waals surface area contributed by atoms with Crippen molar-refractivity contribution in [3.63, 3.8) is 0 Å². The third-order valence-corrected chi connectivity index (χ3v) is 2.41. The zero-order valence-corrected chi connectivity index (χ0v) is 9.88. The number of carbonyl (C=O) groups excluding carboxylic acids is 1. The van der Waals surface area contributed by atoms with E-state index in [-0.39, 0.29) is 12.4 Å².